The van der Waals surface area contributed by atoms with Crippen LogP contribution in [0.2, 0.25) is 0 Å². The van der Waals surface area contributed by atoms with E-state index in [9.17, 15) is 8.42 Å². The van der Waals surface area contributed by atoms with E-state index < -0.39 is 9.84 Å². The third kappa shape index (κ3) is 6.50. The summed E-state index contributed by atoms with van der Waals surface area (Å²) in [6, 6.07) is 6.28. The second-order valence-electron chi connectivity index (χ2n) is 8.07. The SMILES string of the molecule is CCNC(=NCC1CCS(=O)(=O)C1)NC1CCN(Cc2cc(OC)cc(OC)c2)C1. The molecule has 1 aromatic carbocycles. The van der Waals surface area contributed by atoms with Gasteiger partial charge in [-0.1, -0.05) is 0 Å². The topological polar surface area (TPSA) is 92.3 Å². The minimum Gasteiger partial charge on any atom is -0.497 e. The van der Waals surface area contributed by atoms with Gasteiger partial charge in [0.2, 0.25) is 0 Å². The van der Waals surface area contributed by atoms with Crippen LogP contribution in [0.3, 0.4) is 0 Å². The standard InChI is InChI=1S/C21H34N4O4S/c1-4-22-21(23-12-16-6-8-30(26,27)15-16)24-18-5-7-25(14-18)13-17-9-19(28-2)11-20(10-17)29-3/h9-11,16,18H,4-8,12-15H2,1-3H3,(H2,22,23,24). The van der Waals surface area contributed by atoms with Gasteiger partial charge >= 0.3 is 0 Å². The fourth-order valence-corrected chi connectivity index (χ4v) is 5.91. The first-order chi connectivity index (χ1) is 14.4. The van der Waals surface area contributed by atoms with Crippen molar-refractivity contribution in [2.45, 2.75) is 32.4 Å². The Hall–Kier alpha value is -2.00. The zero-order valence-electron chi connectivity index (χ0n) is 18.2. The average Bonchev–Trinajstić information content (AvgIpc) is 3.31. The molecule has 2 atom stereocenters. The smallest absolute Gasteiger partial charge is 0.191 e. The summed E-state index contributed by atoms with van der Waals surface area (Å²) in [5.74, 6) is 3.06. The van der Waals surface area contributed by atoms with Crippen molar-refractivity contribution in [2.75, 3.05) is 51.9 Å². The molecule has 1 aromatic rings. The van der Waals surface area contributed by atoms with Crippen LogP contribution in [0, 0.1) is 5.92 Å². The fraction of sp³-hybridized carbons (Fsp3) is 0.667. The van der Waals surface area contributed by atoms with Gasteiger partial charge in [0, 0.05) is 44.8 Å². The van der Waals surface area contributed by atoms with Gasteiger partial charge in [-0.3, -0.25) is 9.89 Å². The van der Waals surface area contributed by atoms with Gasteiger partial charge in [-0.25, -0.2) is 8.42 Å². The number of ether oxygens (including phenoxy) is 2. The van der Waals surface area contributed by atoms with Gasteiger partial charge < -0.3 is 20.1 Å². The third-order valence-corrected chi connectivity index (χ3v) is 7.45. The van der Waals surface area contributed by atoms with E-state index in [-0.39, 0.29) is 11.7 Å². The molecule has 3 rings (SSSR count). The lowest BCUT2D eigenvalue weighted by molar-refractivity contribution is 0.321. The molecule has 0 aromatic heterocycles. The summed E-state index contributed by atoms with van der Waals surface area (Å²) in [7, 11) is 0.467. The summed E-state index contributed by atoms with van der Waals surface area (Å²) in [5, 5.41) is 6.81. The maximum atomic E-state index is 11.7. The number of hydrogen-bond donors (Lipinski definition) is 2. The largest absolute Gasteiger partial charge is 0.497 e. The van der Waals surface area contributed by atoms with Crippen LogP contribution in [0.25, 0.3) is 0 Å². The quantitative estimate of drug-likeness (QED) is 0.466. The van der Waals surface area contributed by atoms with E-state index in [0.29, 0.717) is 24.8 Å². The van der Waals surface area contributed by atoms with Crippen molar-refractivity contribution in [3.63, 3.8) is 0 Å². The molecule has 8 nitrogen and oxygen atoms in total. The molecule has 2 N–H and O–H groups in total. The molecule has 2 aliphatic rings. The zero-order chi connectivity index (χ0) is 21.6. The molecular formula is C21H34N4O4S. The number of aliphatic imine (C=N–C) groups is 1. The summed E-state index contributed by atoms with van der Waals surface area (Å²) in [5.41, 5.74) is 1.16. The molecule has 2 unspecified atom stereocenters. The minimum atomic E-state index is -2.86. The number of methoxy groups -OCH3 is 2. The predicted octanol–water partition coefficient (Wildman–Crippen LogP) is 1.27. The van der Waals surface area contributed by atoms with Crippen molar-refractivity contribution in [1.29, 1.82) is 0 Å². The maximum absolute atomic E-state index is 11.7. The molecule has 0 spiro atoms. The Balaban J connectivity index is 1.54. The van der Waals surface area contributed by atoms with Gasteiger partial charge in [-0.15, -0.1) is 0 Å². The van der Waals surface area contributed by atoms with E-state index in [4.69, 9.17) is 9.47 Å². The monoisotopic (exact) mass is 438 g/mol. The molecule has 0 amide bonds. The summed E-state index contributed by atoms with van der Waals surface area (Å²) < 4.78 is 34.1. The maximum Gasteiger partial charge on any atom is 0.191 e. The predicted molar refractivity (Wildman–Crippen MR) is 119 cm³/mol. The Bertz CT molecular complexity index is 821. The third-order valence-electron chi connectivity index (χ3n) is 5.61. The Kier molecular flexibility index (Phi) is 7.82. The Morgan fingerprint density at radius 3 is 2.53 bits per heavy atom. The molecule has 0 saturated carbocycles. The highest BCUT2D eigenvalue weighted by Crippen LogP contribution is 2.24. The van der Waals surface area contributed by atoms with Crippen molar-refractivity contribution >= 4 is 15.8 Å². The van der Waals surface area contributed by atoms with Crippen LogP contribution in [0.5, 0.6) is 11.5 Å². The van der Waals surface area contributed by atoms with E-state index in [1.165, 1.54) is 0 Å². The molecule has 0 bridgehead atoms. The number of benzene rings is 1. The van der Waals surface area contributed by atoms with Crippen molar-refractivity contribution in [1.82, 2.24) is 15.5 Å². The first-order valence-corrected chi connectivity index (χ1v) is 12.4. The van der Waals surface area contributed by atoms with Crippen LogP contribution >= 0.6 is 0 Å². The number of rotatable bonds is 8. The van der Waals surface area contributed by atoms with Gasteiger partial charge in [0.25, 0.3) is 0 Å². The summed E-state index contributed by atoms with van der Waals surface area (Å²) in [6.45, 7) is 6.11. The Labute approximate surface area is 180 Å². The van der Waals surface area contributed by atoms with Gasteiger partial charge in [0.05, 0.1) is 25.7 Å². The van der Waals surface area contributed by atoms with Gasteiger partial charge in [-0.05, 0) is 43.4 Å². The number of hydrogen-bond acceptors (Lipinski definition) is 6. The number of nitrogens with one attached hydrogen (secondary N) is 2. The van der Waals surface area contributed by atoms with E-state index in [1.807, 2.05) is 25.1 Å². The zero-order valence-corrected chi connectivity index (χ0v) is 19.0. The normalized spacial score (nSPS) is 24.0. The van der Waals surface area contributed by atoms with Crippen molar-refractivity contribution < 1.29 is 17.9 Å². The summed E-state index contributed by atoms with van der Waals surface area (Å²) in [6.07, 6.45) is 1.75. The number of likely N-dealkylation sites (tertiary alicyclic amines) is 1. The molecular weight excluding hydrogens is 404 g/mol. The van der Waals surface area contributed by atoms with Crippen LogP contribution < -0.4 is 20.1 Å². The molecule has 0 radical (unpaired) electrons. The lowest BCUT2D eigenvalue weighted by Crippen LogP contribution is -2.44. The molecule has 2 saturated heterocycles. The lowest BCUT2D eigenvalue weighted by Gasteiger charge is -2.20. The van der Waals surface area contributed by atoms with Gasteiger partial charge in [0.15, 0.2) is 15.8 Å². The first kappa shape index (κ1) is 22.7. The van der Waals surface area contributed by atoms with Crippen LogP contribution in [0.4, 0.5) is 0 Å². The fourth-order valence-electron chi connectivity index (χ4n) is 4.06. The Morgan fingerprint density at radius 1 is 1.20 bits per heavy atom. The van der Waals surface area contributed by atoms with Crippen LogP contribution in [0.15, 0.2) is 23.2 Å². The highest BCUT2D eigenvalue weighted by atomic mass is 32.2. The number of nitrogens with zero attached hydrogens (tertiary/aromatic N) is 2. The molecule has 0 aliphatic carbocycles. The Morgan fingerprint density at radius 2 is 1.93 bits per heavy atom. The molecule has 2 heterocycles. The highest BCUT2D eigenvalue weighted by Gasteiger charge is 2.28. The minimum absolute atomic E-state index is 0.133. The molecule has 30 heavy (non-hydrogen) atoms. The van der Waals surface area contributed by atoms with Crippen molar-refractivity contribution in [3.05, 3.63) is 23.8 Å². The van der Waals surface area contributed by atoms with Crippen LogP contribution in [-0.4, -0.2) is 77.2 Å². The van der Waals surface area contributed by atoms with E-state index in [2.05, 4.69) is 20.5 Å². The average molecular weight is 439 g/mol. The van der Waals surface area contributed by atoms with E-state index in [0.717, 1.165) is 55.6 Å². The van der Waals surface area contributed by atoms with Crippen molar-refractivity contribution in [3.8, 4) is 11.5 Å². The summed E-state index contributed by atoms with van der Waals surface area (Å²) >= 11 is 0. The van der Waals surface area contributed by atoms with Crippen LogP contribution in [0.1, 0.15) is 25.3 Å². The lowest BCUT2D eigenvalue weighted by atomic mass is 10.1. The second kappa shape index (κ2) is 10.3. The number of guanidine groups is 1. The van der Waals surface area contributed by atoms with Gasteiger partial charge in [-0.2, -0.15) is 0 Å². The molecule has 2 fully saturated rings. The number of sulfone groups is 1. The van der Waals surface area contributed by atoms with E-state index >= 15 is 0 Å². The van der Waals surface area contributed by atoms with Crippen molar-refractivity contribution in [2.24, 2.45) is 10.9 Å². The second-order valence-corrected chi connectivity index (χ2v) is 10.3. The molecule has 9 heteroatoms. The van der Waals surface area contributed by atoms with E-state index in [1.54, 1.807) is 14.2 Å². The van der Waals surface area contributed by atoms with Crippen LogP contribution in [-0.2, 0) is 16.4 Å². The summed E-state index contributed by atoms with van der Waals surface area (Å²) in [4.78, 5) is 7.06. The molecule has 2 aliphatic heterocycles. The highest BCUT2D eigenvalue weighted by molar-refractivity contribution is 7.91. The van der Waals surface area contributed by atoms with Gasteiger partial charge in [0.1, 0.15) is 11.5 Å². The molecule has 168 valence electrons. The first-order valence-electron chi connectivity index (χ1n) is 10.6.